The van der Waals surface area contributed by atoms with Crippen LogP contribution >= 0.6 is 7.14 Å². The third-order valence-corrected chi connectivity index (χ3v) is 7.85. The van der Waals surface area contributed by atoms with Crippen LogP contribution in [0.25, 0.3) is 0 Å². The summed E-state index contributed by atoms with van der Waals surface area (Å²) >= 11 is 0. The smallest absolute Gasteiger partial charge is 0.146 e. The lowest BCUT2D eigenvalue weighted by Gasteiger charge is -2.30. The van der Waals surface area contributed by atoms with E-state index in [1.54, 1.807) is 0 Å². The fourth-order valence-corrected chi connectivity index (χ4v) is 6.56. The molecule has 3 rings (SSSR count). The van der Waals surface area contributed by atoms with E-state index in [1.165, 1.54) is 0 Å². The number of hydrogen-bond acceptors (Lipinski definition) is 2. The summed E-state index contributed by atoms with van der Waals surface area (Å²) in [5.74, 6) is 0.248. The minimum atomic E-state index is -2.76. The van der Waals surface area contributed by atoms with Crippen molar-refractivity contribution in [2.75, 3.05) is 0 Å². The van der Waals surface area contributed by atoms with Crippen LogP contribution in [0.3, 0.4) is 0 Å². The summed E-state index contributed by atoms with van der Waals surface area (Å²) in [4.78, 5) is 11.9. The first kappa shape index (κ1) is 14.3. The van der Waals surface area contributed by atoms with Gasteiger partial charge < -0.3 is 4.57 Å². The molecule has 2 aromatic rings. The predicted octanol–water partition coefficient (Wildman–Crippen LogP) is 3.51. The van der Waals surface area contributed by atoms with Crippen LogP contribution in [-0.4, -0.2) is 11.4 Å². The first-order valence-corrected chi connectivity index (χ1v) is 9.21. The van der Waals surface area contributed by atoms with Crippen LogP contribution in [0.15, 0.2) is 60.7 Å². The SMILES string of the molecule is O=C1CCC[C@@H](P(=O)(c2ccccc2)c2ccccc2)C1. The third kappa shape index (κ3) is 2.73. The molecule has 0 radical (unpaired) electrons. The second kappa shape index (κ2) is 5.99. The van der Waals surface area contributed by atoms with Gasteiger partial charge in [0.2, 0.25) is 0 Å². The molecule has 1 saturated carbocycles. The lowest BCUT2D eigenvalue weighted by Crippen LogP contribution is -2.30. The van der Waals surface area contributed by atoms with E-state index in [0.717, 1.165) is 23.5 Å². The molecule has 0 amide bonds. The van der Waals surface area contributed by atoms with Crippen LogP contribution in [0.5, 0.6) is 0 Å². The molecule has 1 atom stereocenters. The van der Waals surface area contributed by atoms with Gasteiger partial charge in [0.25, 0.3) is 0 Å². The van der Waals surface area contributed by atoms with E-state index in [4.69, 9.17) is 0 Å². The summed E-state index contributed by atoms with van der Waals surface area (Å²) in [7, 11) is -2.76. The number of hydrogen-bond donors (Lipinski definition) is 0. The summed E-state index contributed by atoms with van der Waals surface area (Å²) in [6, 6.07) is 19.3. The summed E-state index contributed by atoms with van der Waals surface area (Å²) in [6.07, 6.45) is 2.81. The zero-order chi connectivity index (χ0) is 14.7. The highest BCUT2D eigenvalue weighted by Crippen LogP contribution is 2.53. The number of carbonyl (C=O) groups excluding carboxylic acids is 1. The quantitative estimate of drug-likeness (QED) is 0.813. The summed E-state index contributed by atoms with van der Waals surface area (Å²) < 4.78 is 14.0. The lowest BCUT2D eigenvalue weighted by atomic mass is 9.99. The van der Waals surface area contributed by atoms with Gasteiger partial charge in [0.05, 0.1) is 0 Å². The van der Waals surface area contributed by atoms with Crippen LogP contribution in [-0.2, 0) is 9.36 Å². The molecule has 2 nitrogen and oxygen atoms in total. The van der Waals surface area contributed by atoms with Crippen LogP contribution in [0.2, 0.25) is 0 Å². The number of rotatable bonds is 3. The van der Waals surface area contributed by atoms with Gasteiger partial charge in [0.1, 0.15) is 12.9 Å². The van der Waals surface area contributed by atoms with Gasteiger partial charge in [-0.15, -0.1) is 0 Å². The van der Waals surface area contributed by atoms with Crippen molar-refractivity contribution >= 4 is 23.5 Å². The van der Waals surface area contributed by atoms with E-state index in [2.05, 4.69) is 0 Å². The second-order valence-corrected chi connectivity index (χ2v) is 8.70. The minimum Gasteiger partial charge on any atom is -0.313 e. The highest BCUT2D eigenvalue weighted by atomic mass is 31.2. The van der Waals surface area contributed by atoms with Crippen molar-refractivity contribution in [3.8, 4) is 0 Å². The molecule has 21 heavy (non-hydrogen) atoms. The molecule has 108 valence electrons. The van der Waals surface area contributed by atoms with Gasteiger partial charge in [0, 0.05) is 29.1 Å². The summed E-state index contributed by atoms with van der Waals surface area (Å²) in [5.41, 5.74) is -0.0523. The van der Waals surface area contributed by atoms with Crippen molar-refractivity contribution in [1.82, 2.24) is 0 Å². The molecular weight excluding hydrogens is 279 g/mol. The maximum absolute atomic E-state index is 14.0. The summed E-state index contributed by atoms with van der Waals surface area (Å²) in [5, 5.41) is 1.74. The largest absolute Gasteiger partial charge is 0.313 e. The van der Waals surface area contributed by atoms with Crippen molar-refractivity contribution in [1.29, 1.82) is 0 Å². The molecule has 0 N–H and O–H groups in total. The molecule has 3 heteroatoms. The van der Waals surface area contributed by atoms with Gasteiger partial charge >= 0.3 is 0 Å². The molecule has 0 saturated heterocycles. The van der Waals surface area contributed by atoms with Crippen molar-refractivity contribution in [3.05, 3.63) is 60.7 Å². The first-order valence-electron chi connectivity index (χ1n) is 7.44. The Balaban J connectivity index is 2.11. The standard InChI is InChI=1S/C18H19O2P/c19-15-8-7-13-18(14-15)21(20,16-9-3-1-4-10-16)17-11-5-2-6-12-17/h1-6,9-12,18H,7-8,13-14H2/t18-/m1/s1. The average Bonchev–Trinajstić information content (AvgIpc) is 2.56. The Hall–Kier alpha value is -1.66. The maximum Gasteiger partial charge on any atom is 0.146 e. The predicted molar refractivity (Wildman–Crippen MR) is 87.0 cm³/mol. The van der Waals surface area contributed by atoms with E-state index in [0.29, 0.717) is 12.8 Å². The molecular formula is C18H19O2P. The van der Waals surface area contributed by atoms with Crippen LogP contribution in [0.1, 0.15) is 25.7 Å². The average molecular weight is 298 g/mol. The molecule has 0 heterocycles. The molecule has 0 spiro atoms. The zero-order valence-corrected chi connectivity index (χ0v) is 12.8. The second-order valence-electron chi connectivity index (χ2n) is 5.62. The maximum atomic E-state index is 14.0. The number of Topliss-reactive ketones (excluding diaryl/α,β-unsaturated/α-hetero) is 1. The van der Waals surface area contributed by atoms with E-state index >= 15 is 0 Å². The molecule has 0 aromatic heterocycles. The lowest BCUT2D eigenvalue weighted by molar-refractivity contribution is -0.120. The first-order chi connectivity index (χ1) is 10.2. The van der Waals surface area contributed by atoms with Crippen LogP contribution in [0.4, 0.5) is 0 Å². The van der Waals surface area contributed by atoms with Crippen molar-refractivity contribution in [2.45, 2.75) is 31.3 Å². The third-order valence-electron chi connectivity index (χ3n) is 4.25. The fraction of sp³-hybridized carbons (Fsp3) is 0.278. The number of benzene rings is 2. The Morgan fingerprint density at radius 3 is 1.86 bits per heavy atom. The van der Waals surface area contributed by atoms with E-state index in [-0.39, 0.29) is 11.4 Å². The van der Waals surface area contributed by atoms with Gasteiger partial charge in [-0.05, 0) is 12.8 Å². The molecule has 0 bridgehead atoms. The highest BCUT2D eigenvalue weighted by Gasteiger charge is 2.38. The van der Waals surface area contributed by atoms with E-state index in [9.17, 15) is 9.36 Å². The summed E-state index contributed by atoms with van der Waals surface area (Å²) in [6.45, 7) is 0. The molecule has 1 aliphatic rings. The van der Waals surface area contributed by atoms with Gasteiger partial charge in [-0.25, -0.2) is 0 Å². The molecule has 0 aliphatic heterocycles. The molecule has 0 unspecified atom stereocenters. The van der Waals surface area contributed by atoms with Crippen molar-refractivity contribution in [2.24, 2.45) is 0 Å². The van der Waals surface area contributed by atoms with Gasteiger partial charge in [-0.1, -0.05) is 60.7 Å². The Bertz CT molecular complexity index is 621. The van der Waals surface area contributed by atoms with Crippen molar-refractivity contribution < 1.29 is 9.36 Å². The van der Waals surface area contributed by atoms with Crippen molar-refractivity contribution in [3.63, 3.8) is 0 Å². The van der Waals surface area contributed by atoms with Gasteiger partial charge in [-0.2, -0.15) is 0 Å². The van der Waals surface area contributed by atoms with Gasteiger partial charge in [-0.3, -0.25) is 4.79 Å². The number of ketones is 1. The van der Waals surface area contributed by atoms with Gasteiger partial charge in [0.15, 0.2) is 0 Å². The number of carbonyl (C=O) groups is 1. The van der Waals surface area contributed by atoms with E-state index < -0.39 is 7.14 Å². The topological polar surface area (TPSA) is 34.1 Å². The molecule has 1 fully saturated rings. The Labute approximate surface area is 125 Å². The Morgan fingerprint density at radius 2 is 1.38 bits per heavy atom. The van der Waals surface area contributed by atoms with Crippen LogP contribution < -0.4 is 10.6 Å². The zero-order valence-electron chi connectivity index (χ0n) is 11.9. The van der Waals surface area contributed by atoms with E-state index in [1.807, 2.05) is 60.7 Å². The van der Waals surface area contributed by atoms with Crippen LogP contribution in [0, 0.1) is 0 Å². The minimum absolute atomic E-state index is 0.0523. The Kier molecular flexibility index (Phi) is 4.07. The Morgan fingerprint density at radius 1 is 0.857 bits per heavy atom. The fourth-order valence-electron chi connectivity index (χ4n) is 3.18. The molecule has 1 aliphatic carbocycles. The highest BCUT2D eigenvalue weighted by molar-refractivity contribution is 7.79. The monoisotopic (exact) mass is 298 g/mol. The normalized spacial score (nSPS) is 19.4. The molecule has 2 aromatic carbocycles.